The molecule has 1 heterocycles. The van der Waals surface area contributed by atoms with Crippen LogP contribution >= 0.6 is 0 Å². The number of amides is 1. The van der Waals surface area contributed by atoms with Gasteiger partial charge in [-0.3, -0.25) is 9.78 Å². The average molecular weight is 342 g/mol. The van der Waals surface area contributed by atoms with Crippen molar-refractivity contribution in [2.75, 3.05) is 13.2 Å². The number of aromatic nitrogens is 1. The number of carbonyl (C=O) groups is 2. The summed E-state index contributed by atoms with van der Waals surface area (Å²) in [6.45, 7) is 0.567. The molecule has 4 saturated carbocycles. The van der Waals surface area contributed by atoms with Crippen molar-refractivity contribution in [3.63, 3.8) is 0 Å². The Labute approximate surface area is 148 Å². The molecule has 0 atom stereocenters. The predicted octanol–water partition coefficient (Wildman–Crippen LogP) is 2.96. The van der Waals surface area contributed by atoms with Gasteiger partial charge >= 0.3 is 5.97 Å². The number of rotatable bonds is 6. The second kappa shape index (κ2) is 6.77. The van der Waals surface area contributed by atoms with E-state index in [1.54, 1.807) is 18.3 Å². The number of esters is 1. The van der Waals surface area contributed by atoms with Gasteiger partial charge in [0.05, 0.1) is 12.1 Å². The smallest absolute Gasteiger partial charge is 0.339 e. The molecule has 1 N–H and O–H groups in total. The van der Waals surface area contributed by atoms with E-state index >= 15 is 0 Å². The lowest BCUT2D eigenvalue weighted by molar-refractivity contribution is -0.129. The highest BCUT2D eigenvalue weighted by Crippen LogP contribution is 2.61. The Morgan fingerprint density at radius 3 is 2.44 bits per heavy atom. The number of nitrogens with one attached hydrogen (secondary N) is 1. The molecular formula is C20H26N2O3. The fraction of sp³-hybridized carbons (Fsp3) is 0.650. The highest BCUT2D eigenvalue weighted by molar-refractivity contribution is 5.88. The van der Waals surface area contributed by atoms with Gasteiger partial charge in [0.25, 0.3) is 0 Å². The van der Waals surface area contributed by atoms with Crippen molar-refractivity contribution < 1.29 is 14.3 Å². The van der Waals surface area contributed by atoms with Crippen molar-refractivity contribution in [3.05, 3.63) is 30.1 Å². The Bertz CT molecular complexity index is 608. The van der Waals surface area contributed by atoms with Crippen LogP contribution in [0.2, 0.25) is 0 Å². The van der Waals surface area contributed by atoms with E-state index in [2.05, 4.69) is 10.3 Å². The Kier molecular flexibility index (Phi) is 4.48. The molecule has 0 radical (unpaired) electrons. The summed E-state index contributed by atoms with van der Waals surface area (Å²) in [6.07, 6.45) is 11.6. The maximum absolute atomic E-state index is 12.4. The van der Waals surface area contributed by atoms with Gasteiger partial charge < -0.3 is 10.1 Å². The second-order valence-electron chi connectivity index (χ2n) is 8.32. The minimum Gasteiger partial charge on any atom is -0.460 e. The van der Waals surface area contributed by atoms with Crippen LogP contribution in [0.4, 0.5) is 0 Å². The summed E-state index contributed by atoms with van der Waals surface area (Å²) < 4.78 is 5.18. The van der Waals surface area contributed by atoms with Crippen LogP contribution in [0.3, 0.4) is 0 Å². The quantitative estimate of drug-likeness (QED) is 0.637. The summed E-state index contributed by atoms with van der Waals surface area (Å²) in [5, 5.41) is 2.93. The molecule has 4 aliphatic rings. The topological polar surface area (TPSA) is 68.3 Å². The molecule has 1 aromatic heterocycles. The van der Waals surface area contributed by atoms with Gasteiger partial charge in [-0.15, -0.1) is 0 Å². The monoisotopic (exact) mass is 342 g/mol. The van der Waals surface area contributed by atoms with E-state index in [1.807, 2.05) is 0 Å². The summed E-state index contributed by atoms with van der Waals surface area (Å²) in [4.78, 5) is 28.1. The van der Waals surface area contributed by atoms with Crippen molar-refractivity contribution in [2.45, 2.75) is 44.9 Å². The third-order valence-electron chi connectivity index (χ3n) is 6.26. The molecule has 0 saturated heterocycles. The van der Waals surface area contributed by atoms with Crippen molar-refractivity contribution >= 4 is 11.9 Å². The summed E-state index contributed by atoms with van der Waals surface area (Å²) in [7, 11) is 0. The molecular weight excluding hydrogens is 316 g/mol. The Balaban J connectivity index is 1.20. The van der Waals surface area contributed by atoms with Gasteiger partial charge in [-0.1, -0.05) is 0 Å². The zero-order chi connectivity index (χ0) is 17.3. The molecule has 4 fully saturated rings. The largest absolute Gasteiger partial charge is 0.460 e. The molecule has 1 aromatic rings. The average Bonchev–Trinajstić information content (AvgIpc) is 2.57. The Morgan fingerprint density at radius 1 is 1.16 bits per heavy atom. The molecule has 5 heteroatoms. The number of ether oxygens (including phenoxy) is 1. The van der Waals surface area contributed by atoms with Crippen molar-refractivity contribution in [2.24, 2.45) is 23.2 Å². The van der Waals surface area contributed by atoms with Crippen LogP contribution < -0.4 is 5.32 Å². The van der Waals surface area contributed by atoms with Gasteiger partial charge in [-0.25, -0.2) is 4.79 Å². The molecule has 4 bridgehead atoms. The highest BCUT2D eigenvalue weighted by atomic mass is 16.5. The predicted molar refractivity (Wildman–Crippen MR) is 92.8 cm³/mol. The lowest BCUT2D eigenvalue weighted by Crippen LogP contribution is -2.48. The first-order chi connectivity index (χ1) is 12.1. The van der Waals surface area contributed by atoms with E-state index in [0.717, 1.165) is 17.8 Å². The third kappa shape index (κ3) is 3.70. The maximum Gasteiger partial charge on any atom is 0.339 e. The summed E-state index contributed by atoms with van der Waals surface area (Å²) in [5.41, 5.74) is 0.688. The van der Waals surface area contributed by atoms with E-state index in [9.17, 15) is 9.59 Å². The third-order valence-corrected chi connectivity index (χ3v) is 6.26. The van der Waals surface area contributed by atoms with Gasteiger partial charge in [0.15, 0.2) is 0 Å². The minimum atomic E-state index is -0.400. The van der Waals surface area contributed by atoms with Crippen LogP contribution in [0, 0.1) is 23.2 Å². The van der Waals surface area contributed by atoms with E-state index in [1.165, 1.54) is 44.7 Å². The molecule has 0 spiro atoms. The van der Waals surface area contributed by atoms with Gasteiger partial charge in [0.1, 0.15) is 6.61 Å². The van der Waals surface area contributed by atoms with Crippen LogP contribution in [0.15, 0.2) is 24.5 Å². The number of hydrogen-bond acceptors (Lipinski definition) is 4. The van der Waals surface area contributed by atoms with Crippen LogP contribution in [-0.2, 0) is 9.53 Å². The molecule has 134 valence electrons. The minimum absolute atomic E-state index is 0.111. The molecule has 1 amide bonds. The highest BCUT2D eigenvalue weighted by Gasteiger charge is 2.51. The zero-order valence-electron chi connectivity index (χ0n) is 14.6. The number of carbonyl (C=O) groups excluding carboxylic acids is 2. The van der Waals surface area contributed by atoms with E-state index in [-0.39, 0.29) is 17.9 Å². The van der Waals surface area contributed by atoms with E-state index in [0.29, 0.717) is 18.5 Å². The molecule has 5 rings (SSSR count). The summed E-state index contributed by atoms with van der Waals surface area (Å²) in [5.74, 6) is 2.29. The van der Waals surface area contributed by atoms with E-state index < -0.39 is 5.97 Å². The molecule has 5 nitrogen and oxygen atoms in total. The van der Waals surface area contributed by atoms with Crippen molar-refractivity contribution in [3.8, 4) is 0 Å². The maximum atomic E-state index is 12.4. The molecule has 0 aromatic carbocycles. The van der Waals surface area contributed by atoms with Crippen LogP contribution in [0.25, 0.3) is 0 Å². The van der Waals surface area contributed by atoms with Gasteiger partial charge in [-0.05, 0) is 73.8 Å². The van der Waals surface area contributed by atoms with Crippen LogP contribution in [-0.4, -0.2) is 30.0 Å². The second-order valence-corrected chi connectivity index (χ2v) is 8.32. The first-order valence-electron chi connectivity index (χ1n) is 9.46. The normalized spacial score (nSPS) is 32.4. The van der Waals surface area contributed by atoms with Crippen molar-refractivity contribution in [1.82, 2.24) is 10.3 Å². The summed E-state index contributed by atoms with van der Waals surface area (Å²) in [6, 6.07) is 3.37. The lowest BCUT2D eigenvalue weighted by atomic mass is 9.49. The number of nitrogens with zero attached hydrogens (tertiary/aromatic N) is 1. The van der Waals surface area contributed by atoms with Crippen LogP contribution in [0.5, 0.6) is 0 Å². The van der Waals surface area contributed by atoms with Crippen molar-refractivity contribution in [1.29, 1.82) is 0 Å². The van der Waals surface area contributed by atoms with Gasteiger partial charge in [-0.2, -0.15) is 0 Å². The number of pyridine rings is 1. The van der Waals surface area contributed by atoms with Gasteiger partial charge in [0, 0.05) is 18.8 Å². The number of hydrogen-bond donors (Lipinski definition) is 1. The first kappa shape index (κ1) is 16.6. The standard InChI is InChI=1S/C20H26N2O3/c23-18(22-4-5-25-19(24)17-2-1-3-21-13-17)12-20-9-14-6-15(10-20)8-16(7-14)11-20/h1-3,13-16H,4-12H2,(H,22,23). The molecule has 0 aliphatic heterocycles. The zero-order valence-corrected chi connectivity index (χ0v) is 14.6. The lowest BCUT2D eigenvalue weighted by Gasteiger charge is -2.56. The van der Waals surface area contributed by atoms with E-state index in [4.69, 9.17) is 4.74 Å². The molecule has 4 aliphatic carbocycles. The first-order valence-corrected chi connectivity index (χ1v) is 9.46. The molecule has 25 heavy (non-hydrogen) atoms. The van der Waals surface area contributed by atoms with Gasteiger partial charge in [0.2, 0.25) is 5.91 Å². The Morgan fingerprint density at radius 2 is 1.84 bits per heavy atom. The van der Waals surface area contributed by atoms with Crippen LogP contribution in [0.1, 0.15) is 55.3 Å². The summed E-state index contributed by atoms with van der Waals surface area (Å²) >= 11 is 0. The fourth-order valence-electron chi connectivity index (χ4n) is 5.81. The fourth-order valence-corrected chi connectivity index (χ4v) is 5.81. The Hall–Kier alpha value is -1.91. The SMILES string of the molecule is O=C(CC12CC3CC(CC(C3)C1)C2)NCCOC(=O)c1cccnc1. The molecule has 0 unspecified atom stereocenters.